The van der Waals surface area contributed by atoms with E-state index in [2.05, 4.69) is 6.92 Å². The second-order valence-corrected chi connectivity index (χ2v) is 9.82. The highest BCUT2D eigenvalue weighted by Gasteiger charge is 2.28. The van der Waals surface area contributed by atoms with Gasteiger partial charge in [0, 0.05) is 5.56 Å². The van der Waals surface area contributed by atoms with Crippen LogP contribution in [-0.4, -0.2) is 6.61 Å². The Balaban J connectivity index is 1.23. The fraction of sp³-hybridized carbons (Fsp3) is 0.400. The van der Waals surface area contributed by atoms with E-state index >= 15 is 0 Å². The maximum atomic E-state index is 14.9. The molecule has 1 atom stereocenters. The number of ether oxygens (including phenoxy) is 1. The molecule has 3 aromatic carbocycles. The predicted octanol–water partition coefficient (Wildman–Crippen LogP) is 8.31. The molecule has 1 unspecified atom stereocenters. The molecule has 2 aliphatic rings. The molecular formula is C30H31F3O. The smallest absolute Gasteiger partial charge is 0.162 e. The van der Waals surface area contributed by atoms with Crippen LogP contribution in [0.4, 0.5) is 13.2 Å². The zero-order chi connectivity index (χ0) is 23.7. The van der Waals surface area contributed by atoms with Gasteiger partial charge in [0.25, 0.3) is 0 Å². The first kappa shape index (κ1) is 23.2. The molecule has 5 rings (SSSR count). The minimum Gasteiger partial charge on any atom is -0.368 e. The third-order valence-corrected chi connectivity index (χ3v) is 7.71. The molecule has 178 valence electrons. The lowest BCUT2D eigenvalue weighted by atomic mass is 9.77. The average Bonchev–Trinajstić information content (AvgIpc) is 3.71. The van der Waals surface area contributed by atoms with Gasteiger partial charge < -0.3 is 4.74 Å². The van der Waals surface area contributed by atoms with Crippen molar-refractivity contribution in [3.63, 3.8) is 0 Å². The number of halogens is 3. The zero-order valence-corrected chi connectivity index (χ0v) is 19.6. The van der Waals surface area contributed by atoms with Crippen molar-refractivity contribution in [2.24, 2.45) is 5.92 Å². The molecule has 0 spiro atoms. The summed E-state index contributed by atoms with van der Waals surface area (Å²) in [6.45, 7) is 2.79. The summed E-state index contributed by atoms with van der Waals surface area (Å²) in [5.74, 6) is -0.736. The molecule has 1 saturated carbocycles. The van der Waals surface area contributed by atoms with Gasteiger partial charge in [-0.05, 0) is 84.2 Å². The van der Waals surface area contributed by atoms with Gasteiger partial charge in [-0.1, -0.05) is 61.9 Å². The summed E-state index contributed by atoms with van der Waals surface area (Å²) in [5, 5.41) is 0. The van der Waals surface area contributed by atoms with Crippen molar-refractivity contribution >= 4 is 0 Å². The van der Waals surface area contributed by atoms with Gasteiger partial charge in [0.05, 0.1) is 6.61 Å². The molecule has 0 amide bonds. The summed E-state index contributed by atoms with van der Waals surface area (Å²) < 4.78 is 49.2. The second kappa shape index (κ2) is 9.95. The molecule has 0 radical (unpaired) electrons. The quantitative estimate of drug-likeness (QED) is 0.320. The van der Waals surface area contributed by atoms with Crippen LogP contribution < -0.4 is 0 Å². The Hall–Kier alpha value is -2.59. The molecule has 0 N–H and O–H groups in total. The Bertz CT molecular complexity index is 1140. The van der Waals surface area contributed by atoms with E-state index in [1.54, 1.807) is 24.3 Å². The summed E-state index contributed by atoms with van der Waals surface area (Å²) >= 11 is 0. The number of hydrogen-bond donors (Lipinski definition) is 0. The molecule has 1 aliphatic carbocycles. The fourth-order valence-electron chi connectivity index (χ4n) is 5.33. The Kier molecular flexibility index (Phi) is 6.78. The highest BCUT2D eigenvalue weighted by atomic mass is 19.2. The summed E-state index contributed by atoms with van der Waals surface area (Å²) in [6.07, 6.45) is 6.22. The molecule has 4 heteroatoms. The molecular weight excluding hydrogens is 433 g/mol. The minimum atomic E-state index is -0.693. The maximum Gasteiger partial charge on any atom is 0.162 e. The summed E-state index contributed by atoms with van der Waals surface area (Å²) in [5.41, 5.74) is 4.35. The molecule has 34 heavy (non-hydrogen) atoms. The molecule has 0 bridgehead atoms. The van der Waals surface area contributed by atoms with Crippen molar-refractivity contribution < 1.29 is 17.9 Å². The largest absolute Gasteiger partial charge is 0.368 e. The van der Waals surface area contributed by atoms with Crippen molar-refractivity contribution in [2.45, 2.75) is 63.9 Å². The van der Waals surface area contributed by atoms with Gasteiger partial charge >= 0.3 is 0 Å². The number of hydrogen-bond acceptors (Lipinski definition) is 1. The average molecular weight is 465 g/mol. The third-order valence-electron chi connectivity index (χ3n) is 7.71. The van der Waals surface area contributed by atoms with Gasteiger partial charge in [0.2, 0.25) is 0 Å². The first-order valence-corrected chi connectivity index (χ1v) is 12.5. The minimum absolute atomic E-state index is 0.105. The van der Waals surface area contributed by atoms with Gasteiger partial charge in [-0.3, -0.25) is 0 Å². The van der Waals surface area contributed by atoms with E-state index in [1.165, 1.54) is 6.42 Å². The Morgan fingerprint density at radius 2 is 1.44 bits per heavy atom. The lowest BCUT2D eigenvalue weighted by Crippen LogP contribution is -2.14. The van der Waals surface area contributed by atoms with Crippen LogP contribution in [0, 0.1) is 23.4 Å². The van der Waals surface area contributed by atoms with Crippen molar-refractivity contribution in [3.8, 4) is 11.1 Å². The monoisotopic (exact) mass is 464 g/mol. The van der Waals surface area contributed by atoms with E-state index in [0.29, 0.717) is 36.1 Å². The molecule has 1 nitrogen and oxygen atoms in total. The molecule has 1 saturated heterocycles. The van der Waals surface area contributed by atoms with E-state index in [-0.39, 0.29) is 17.8 Å². The van der Waals surface area contributed by atoms with E-state index < -0.39 is 11.6 Å². The molecule has 3 aromatic rings. The molecule has 1 aliphatic heterocycles. The molecule has 0 aromatic heterocycles. The van der Waals surface area contributed by atoms with Crippen LogP contribution in [0.2, 0.25) is 0 Å². The van der Waals surface area contributed by atoms with Gasteiger partial charge in [0.1, 0.15) is 11.9 Å². The SMILES string of the molecule is CCC1CCC(c2ccc(CCc3ccc(-c4ccc(C5CO5)c(F)c4)cc3)c(F)c2F)CC1. The number of epoxide rings is 1. The van der Waals surface area contributed by atoms with Gasteiger partial charge in [-0.25, -0.2) is 13.2 Å². The Morgan fingerprint density at radius 1 is 0.765 bits per heavy atom. The number of rotatable bonds is 7. The van der Waals surface area contributed by atoms with Gasteiger partial charge in [0.15, 0.2) is 11.6 Å². The lowest BCUT2D eigenvalue weighted by Gasteiger charge is -2.28. The van der Waals surface area contributed by atoms with E-state index in [1.807, 2.05) is 30.3 Å². The van der Waals surface area contributed by atoms with E-state index in [9.17, 15) is 13.2 Å². The standard InChI is InChI=1S/C30H31F3O/c1-2-19-3-10-22(11-4-19)25-15-13-23(29(32)30(25)33)12-7-20-5-8-21(9-6-20)24-14-16-26(27(31)17-24)28-18-34-28/h5-6,8-9,13-17,19,22,28H,2-4,7,10-12,18H2,1H3. The topological polar surface area (TPSA) is 12.5 Å². The summed E-state index contributed by atoms with van der Waals surface area (Å²) in [7, 11) is 0. The van der Waals surface area contributed by atoms with Crippen LogP contribution in [0.3, 0.4) is 0 Å². The van der Waals surface area contributed by atoms with E-state index in [0.717, 1.165) is 48.3 Å². The molecule has 2 fully saturated rings. The highest BCUT2D eigenvalue weighted by molar-refractivity contribution is 5.64. The second-order valence-electron chi connectivity index (χ2n) is 9.82. The fourth-order valence-corrected chi connectivity index (χ4v) is 5.33. The Morgan fingerprint density at radius 3 is 2.09 bits per heavy atom. The van der Waals surface area contributed by atoms with E-state index in [4.69, 9.17) is 4.74 Å². The highest BCUT2D eigenvalue weighted by Crippen LogP contribution is 2.39. The van der Waals surface area contributed by atoms with Crippen molar-refractivity contribution in [2.75, 3.05) is 6.61 Å². The first-order valence-electron chi connectivity index (χ1n) is 12.5. The summed E-state index contributed by atoms with van der Waals surface area (Å²) in [6, 6.07) is 16.6. The van der Waals surface area contributed by atoms with Crippen molar-refractivity contribution in [1.82, 2.24) is 0 Å². The predicted molar refractivity (Wildman–Crippen MR) is 129 cm³/mol. The van der Waals surface area contributed by atoms with Gasteiger partial charge in [-0.15, -0.1) is 0 Å². The molecule has 1 heterocycles. The van der Waals surface area contributed by atoms with Crippen LogP contribution in [0.15, 0.2) is 54.6 Å². The van der Waals surface area contributed by atoms with Crippen molar-refractivity contribution in [1.29, 1.82) is 0 Å². The zero-order valence-electron chi connectivity index (χ0n) is 19.6. The van der Waals surface area contributed by atoms with Crippen LogP contribution in [0.25, 0.3) is 11.1 Å². The normalized spacial score (nSPS) is 22.1. The van der Waals surface area contributed by atoms with Crippen LogP contribution >= 0.6 is 0 Å². The third kappa shape index (κ3) is 4.93. The van der Waals surface area contributed by atoms with Gasteiger partial charge in [-0.2, -0.15) is 0 Å². The lowest BCUT2D eigenvalue weighted by molar-refractivity contribution is 0.312. The first-order chi connectivity index (χ1) is 16.5. The van der Waals surface area contributed by atoms with Crippen LogP contribution in [-0.2, 0) is 17.6 Å². The van der Waals surface area contributed by atoms with Crippen LogP contribution in [0.5, 0.6) is 0 Å². The Labute approximate surface area is 200 Å². The maximum absolute atomic E-state index is 14.9. The number of benzene rings is 3. The number of aryl methyl sites for hydroxylation is 2. The van der Waals surface area contributed by atoms with Crippen LogP contribution in [0.1, 0.15) is 73.3 Å². The van der Waals surface area contributed by atoms with Crippen molar-refractivity contribution in [3.05, 3.63) is 94.3 Å². The summed E-state index contributed by atoms with van der Waals surface area (Å²) in [4.78, 5) is 0.